The van der Waals surface area contributed by atoms with Crippen LogP contribution in [0.2, 0.25) is 0 Å². The van der Waals surface area contributed by atoms with Crippen molar-refractivity contribution >= 4 is 44.4 Å². The second-order valence-corrected chi connectivity index (χ2v) is 13.4. The Kier molecular flexibility index (Phi) is 7.51. The molecule has 10 rings (SSSR count). The van der Waals surface area contributed by atoms with Crippen LogP contribution in [0.1, 0.15) is 22.9 Å². The first-order valence-electron chi connectivity index (χ1n) is 17.9. The average molecular weight is 680 g/mol. The fourth-order valence-electron chi connectivity index (χ4n) is 7.45. The van der Waals surface area contributed by atoms with Crippen LogP contribution in [0, 0.1) is 0 Å². The van der Waals surface area contributed by atoms with Crippen LogP contribution in [0.4, 0.5) is 0 Å². The number of nitrogens with one attached hydrogen (secondary N) is 1. The lowest BCUT2D eigenvalue weighted by molar-refractivity contribution is 0.669. The van der Waals surface area contributed by atoms with E-state index in [-0.39, 0.29) is 6.17 Å². The number of aliphatic imine (C=N–C) groups is 2. The molecule has 1 unspecified atom stereocenters. The second-order valence-electron chi connectivity index (χ2n) is 13.4. The van der Waals surface area contributed by atoms with Gasteiger partial charge in [0.05, 0.1) is 0 Å². The molecule has 0 radical (unpaired) electrons. The van der Waals surface area contributed by atoms with Crippen LogP contribution in [-0.4, -0.2) is 11.7 Å². The molecule has 0 bridgehead atoms. The quantitative estimate of drug-likeness (QED) is 0.190. The van der Waals surface area contributed by atoms with Crippen molar-refractivity contribution in [2.24, 2.45) is 9.98 Å². The van der Waals surface area contributed by atoms with Crippen LogP contribution in [0.25, 0.3) is 66.1 Å². The minimum Gasteiger partial charge on any atom is -0.455 e. The van der Waals surface area contributed by atoms with E-state index in [0.717, 1.165) is 61.2 Å². The molecule has 4 nitrogen and oxygen atoms in total. The third-order valence-corrected chi connectivity index (χ3v) is 10.2. The maximum atomic E-state index is 6.69. The zero-order valence-electron chi connectivity index (χ0n) is 28.8. The van der Waals surface area contributed by atoms with Gasteiger partial charge in [-0.3, -0.25) is 0 Å². The maximum absolute atomic E-state index is 6.69. The number of furan rings is 1. The summed E-state index contributed by atoms with van der Waals surface area (Å²) in [5, 5.41) is 8.14. The van der Waals surface area contributed by atoms with Crippen LogP contribution in [-0.2, 0) is 0 Å². The lowest BCUT2D eigenvalue weighted by Gasteiger charge is -2.24. The highest BCUT2D eigenvalue weighted by atomic mass is 16.3. The molecule has 0 amide bonds. The first-order valence-corrected chi connectivity index (χ1v) is 17.9. The number of para-hydroxylation sites is 1. The van der Waals surface area contributed by atoms with Gasteiger partial charge < -0.3 is 9.73 Å². The molecule has 4 heteroatoms. The average Bonchev–Trinajstić information content (AvgIpc) is 3.63. The van der Waals surface area contributed by atoms with Crippen molar-refractivity contribution in [1.29, 1.82) is 0 Å². The summed E-state index contributed by atoms with van der Waals surface area (Å²) in [7, 11) is 0. The molecule has 8 aromatic carbocycles. The van der Waals surface area contributed by atoms with Gasteiger partial charge in [0.2, 0.25) is 0 Å². The summed E-state index contributed by atoms with van der Waals surface area (Å²) in [5.41, 5.74) is 11.5. The number of nitrogens with zero attached hydrogens (tertiary/aromatic N) is 2. The van der Waals surface area contributed by atoms with Gasteiger partial charge in [0.25, 0.3) is 0 Å². The Balaban J connectivity index is 1.06. The lowest BCUT2D eigenvalue weighted by Crippen LogP contribution is -2.33. The minimum absolute atomic E-state index is 0.308. The van der Waals surface area contributed by atoms with Crippen molar-refractivity contribution in [3.05, 3.63) is 205 Å². The molecule has 1 atom stereocenters. The van der Waals surface area contributed by atoms with Crippen molar-refractivity contribution in [2.45, 2.75) is 6.17 Å². The molecular formula is C49H33N3O. The highest BCUT2D eigenvalue weighted by Gasteiger charge is 2.24. The van der Waals surface area contributed by atoms with Gasteiger partial charge in [-0.15, -0.1) is 0 Å². The zero-order chi connectivity index (χ0) is 35.1. The third kappa shape index (κ3) is 5.67. The number of amidine groups is 2. The summed E-state index contributed by atoms with van der Waals surface area (Å²) >= 11 is 0. The number of benzene rings is 8. The molecule has 1 aromatic heterocycles. The van der Waals surface area contributed by atoms with Gasteiger partial charge in [0.15, 0.2) is 5.84 Å². The smallest absolute Gasteiger partial charge is 0.160 e. The Morgan fingerprint density at radius 3 is 1.85 bits per heavy atom. The van der Waals surface area contributed by atoms with E-state index in [1.807, 2.05) is 36.4 Å². The van der Waals surface area contributed by atoms with Crippen molar-refractivity contribution in [3.63, 3.8) is 0 Å². The summed E-state index contributed by atoms with van der Waals surface area (Å²) in [6, 6.07) is 65.8. The van der Waals surface area contributed by atoms with Crippen LogP contribution in [0.3, 0.4) is 0 Å². The fraction of sp³-hybridized carbons (Fsp3) is 0.0204. The van der Waals surface area contributed by atoms with Gasteiger partial charge in [0, 0.05) is 27.5 Å². The lowest BCUT2D eigenvalue weighted by atomic mass is 9.97. The maximum Gasteiger partial charge on any atom is 0.160 e. The highest BCUT2D eigenvalue weighted by molar-refractivity contribution is 6.23. The first-order chi connectivity index (χ1) is 26.2. The molecule has 250 valence electrons. The van der Waals surface area contributed by atoms with Crippen molar-refractivity contribution in [1.82, 2.24) is 5.32 Å². The number of hydrogen-bond donors (Lipinski definition) is 1. The summed E-state index contributed by atoms with van der Waals surface area (Å²) < 4.78 is 6.69. The molecule has 0 saturated carbocycles. The molecule has 0 saturated heterocycles. The van der Waals surface area contributed by atoms with Gasteiger partial charge in [-0.05, 0) is 56.3 Å². The van der Waals surface area contributed by atoms with Crippen LogP contribution >= 0.6 is 0 Å². The van der Waals surface area contributed by atoms with Gasteiger partial charge in [-0.25, -0.2) is 9.98 Å². The first kappa shape index (κ1) is 30.8. The van der Waals surface area contributed by atoms with E-state index in [1.165, 1.54) is 27.5 Å². The number of hydrogen-bond acceptors (Lipinski definition) is 4. The SMILES string of the molecule is c1ccc(-c2ccc(C3=NC(c4cccc5oc6c(-c7ccc(-c8ccc9ccccc9c8)cc7)cccc6c45)=NC(c4ccccc4)N3)cc2)cc1. The largest absolute Gasteiger partial charge is 0.455 e. The van der Waals surface area contributed by atoms with E-state index >= 15 is 0 Å². The molecule has 0 spiro atoms. The molecule has 53 heavy (non-hydrogen) atoms. The van der Waals surface area contributed by atoms with E-state index in [4.69, 9.17) is 14.4 Å². The Labute approximate surface area is 307 Å². The van der Waals surface area contributed by atoms with Crippen LogP contribution < -0.4 is 5.32 Å². The van der Waals surface area contributed by atoms with Crippen molar-refractivity contribution < 1.29 is 4.42 Å². The highest BCUT2D eigenvalue weighted by Crippen LogP contribution is 2.39. The molecule has 1 aliphatic rings. The summed E-state index contributed by atoms with van der Waals surface area (Å²) in [5.74, 6) is 1.44. The van der Waals surface area contributed by atoms with E-state index < -0.39 is 0 Å². The summed E-state index contributed by atoms with van der Waals surface area (Å²) in [4.78, 5) is 10.4. The molecule has 0 aliphatic carbocycles. The summed E-state index contributed by atoms with van der Waals surface area (Å²) in [6.07, 6.45) is -0.308. The second kappa shape index (κ2) is 12.9. The predicted molar refractivity (Wildman–Crippen MR) is 219 cm³/mol. The van der Waals surface area contributed by atoms with E-state index in [0.29, 0.717) is 5.84 Å². The molecule has 2 heterocycles. The van der Waals surface area contributed by atoms with E-state index in [1.54, 1.807) is 0 Å². The van der Waals surface area contributed by atoms with Gasteiger partial charge >= 0.3 is 0 Å². The standard InChI is InChI=1S/C49H33N3O/c1-3-11-32(12-4-1)34-23-28-38(29-24-34)48-50-47(37-14-5-2-6-15-37)51-49(52-48)43-19-10-20-44-45(43)42-18-9-17-41(46(42)53-44)36-26-21-35(22-27-36)40-30-25-33-13-7-8-16-39(33)31-40/h1-31,47H,(H,50,51,52). The van der Waals surface area contributed by atoms with Crippen molar-refractivity contribution in [2.75, 3.05) is 0 Å². The van der Waals surface area contributed by atoms with Crippen LogP contribution in [0.15, 0.2) is 202 Å². The molecule has 0 fully saturated rings. The minimum atomic E-state index is -0.308. The Morgan fingerprint density at radius 2 is 1.06 bits per heavy atom. The Bertz CT molecular complexity index is 2830. The fourth-order valence-corrected chi connectivity index (χ4v) is 7.45. The molecule has 1 N–H and O–H groups in total. The van der Waals surface area contributed by atoms with Crippen molar-refractivity contribution in [3.8, 4) is 33.4 Å². The van der Waals surface area contributed by atoms with E-state index in [9.17, 15) is 0 Å². The third-order valence-electron chi connectivity index (χ3n) is 10.2. The topological polar surface area (TPSA) is 49.9 Å². The summed E-state index contributed by atoms with van der Waals surface area (Å²) in [6.45, 7) is 0. The molecular weight excluding hydrogens is 647 g/mol. The van der Waals surface area contributed by atoms with Crippen LogP contribution in [0.5, 0.6) is 0 Å². The Hall–Kier alpha value is -7.04. The predicted octanol–water partition coefficient (Wildman–Crippen LogP) is 12.2. The number of rotatable bonds is 6. The van der Waals surface area contributed by atoms with Gasteiger partial charge in [-0.1, -0.05) is 176 Å². The molecule has 1 aliphatic heterocycles. The van der Waals surface area contributed by atoms with E-state index in [2.05, 4.69) is 157 Å². The molecule has 9 aromatic rings. The Morgan fingerprint density at radius 1 is 0.453 bits per heavy atom. The number of fused-ring (bicyclic) bond motifs is 4. The van der Waals surface area contributed by atoms with Gasteiger partial charge in [-0.2, -0.15) is 0 Å². The zero-order valence-corrected chi connectivity index (χ0v) is 28.8. The monoisotopic (exact) mass is 679 g/mol. The normalized spacial score (nSPS) is 14.2. The van der Waals surface area contributed by atoms with Gasteiger partial charge in [0.1, 0.15) is 23.2 Å².